The Hall–Kier alpha value is -0.340. The Labute approximate surface area is 260 Å². The first-order valence-electron chi connectivity index (χ1n) is 19.3. The molecule has 0 aromatic carbocycles. The molecule has 0 heterocycles. The minimum absolute atomic E-state index is 0.563. The second kappa shape index (κ2) is 37.7. The molecule has 1 atom stereocenters. The van der Waals surface area contributed by atoms with Crippen molar-refractivity contribution in [2.75, 3.05) is 19.8 Å². The van der Waals surface area contributed by atoms with Crippen molar-refractivity contribution < 1.29 is 4.74 Å². The van der Waals surface area contributed by atoms with Crippen molar-refractivity contribution in [1.82, 2.24) is 0 Å². The SMILES string of the molecule is CCCCCCCC/C=C\CCCCCCCCC(CN)COCCCCCCCCCCCCCCCCCC. The van der Waals surface area contributed by atoms with Gasteiger partial charge in [0.15, 0.2) is 0 Å². The molecular weight excluding hydrogens is 498 g/mol. The number of hydrogen-bond acceptors (Lipinski definition) is 2. The van der Waals surface area contributed by atoms with Crippen molar-refractivity contribution in [2.24, 2.45) is 11.7 Å². The van der Waals surface area contributed by atoms with Gasteiger partial charge in [-0.3, -0.25) is 0 Å². The summed E-state index contributed by atoms with van der Waals surface area (Å²) in [6, 6.07) is 0. The zero-order valence-corrected chi connectivity index (χ0v) is 28.8. The third-order valence-corrected chi connectivity index (χ3v) is 8.95. The molecular formula is C39H79NO. The molecule has 246 valence electrons. The van der Waals surface area contributed by atoms with Gasteiger partial charge in [0.2, 0.25) is 0 Å². The summed E-state index contributed by atoms with van der Waals surface area (Å²) in [5.41, 5.74) is 6.03. The molecule has 0 rings (SSSR count). The van der Waals surface area contributed by atoms with E-state index in [1.807, 2.05) is 0 Å². The van der Waals surface area contributed by atoms with Gasteiger partial charge in [0, 0.05) is 6.61 Å². The fraction of sp³-hybridized carbons (Fsp3) is 0.949. The third kappa shape index (κ3) is 35.8. The minimum Gasteiger partial charge on any atom is -0.381 e. The molecule has 0 fully saturated rings. The lowest BCUT2D eigenvalue weighted by Crippen LogP contribution is -2.20. The molecule has 0 aliphatic heterocycles. The Morgan fingerprint density at radius 3 is 1.17 bits per heavy atom. The van der Waals surface area contributed by atoms with Crippen LogP contribution in [-0.2, 0) is 4.74 Å². The Morgan fingerprint density at radius 1 is 0.439 bits per heavy atom. The summed E-state index contributed by atoms with van der Waals surface area (Å²) in [4.78, 5) is 0. The van der Waals surface area contributed by atoms with E-state index in [-0.39, 0.29) is 0 Å². The van der Waals surface area contributed by atoms with E-state index >= 15 is 0 Å². The van der Waals surface area contributed by atoms with E-state index < -0.39 is 0 Å². The predicted octanol–water partition coefficient (Wildman–Crippen LogP) is 13.3. The van der Waals surface area contributed by atoms with E-state index in [9.17, 15) is 0 Å². The van der Waals surface area contributed by atoms with Gasteiger partial charge in [-0.1, -0.05) is 187 Å². The van der Waals surface area contributed by atoms with Crippen LogP contribution in [0.4, 0.5) is 0 Å². The summed E-state index contributed by atoms with van der Waals surface area (Å²) < 4.78 is 6.00. The maximum absolute atomic E-state index is 6.03. The molecule has 0 amide bonds. The van der Waals surface area contributed by atoms with Crippen LogP contribution in [0.1, 0.15) is 213 Å². The number of ether oxygens (including phenoxy) is 1. The summed E-state index contributed by atoms with van der Waals surface area (Å²) in [6.07, 6.45) is 48.1. The van der Waals surface area contributed by atoms with Gasteiger partial charge in [-0.2, -0.15) is 0 Å². The standard InChI is InChI=1S/C39H79NO/c1-3-5-7-9-11-13-15-17-19-21-23-25-27-29-31-33-35-39(37-40)38-41-36-34-32-30-28-26-24-22-20-18-16-14-12-10-8-6-4-2/h17,19,39H,3-16,18,20-38,40H2,1-2H3/b19-17-. The Kier molecular flexibility index (Phi) is 37.4. The summed E-state index contributed by atoms with van der Waals surface area (Å²) >= 11 is 0. The number of rotatable bonds is 36. The zero-order valence-electron chi connectivity index (χ0n) is 28.8. The van der Waals surface area contributed by atoms with Gasteiger partial charge < -0.3 is 10.5 Å². The predicted molar refractivity (Wildman–Crippen MR) is 187 cm³/mol. The molecule has 41 heavy (non-hydrogen) atoms. The fourth-order valence-electron chi connectivity index (χ4n) is 5.95. The fourth-order valence-corrected chi connectivity index (χ4v) is 5.95. The smallest absolute Gasteiger partial charge is 0.0506 e. The summed E-state index contributed by atoms with van der Waals surface area (Å²) in [6.45, 7) is 7.18. The highest BCUT2D eigenvalue weighted by Gasteiger charge is 2.06. The molecule has 0 radical (unpaired) electrons. The largest absolute Gasteiger partial charge is 0.381 e. The molecule has 2 N–H and O–H groups in total. The summed E-state index contributed by atoms with van der Waals surface area (Å²) in [5, 5.41) is 0. The molecule has 0 aliphatic rings. The first-order valence-corrected chi connectivity index (χ1v) is 19.3. The van der Waals surface area contributed by atoms with E-state index in [0.717, 1.165) is 19.8 Å². The van der Waals surface area contributed by atoms with Gasteiger partial charge in [-0.25, -0.2) is 0 Å². The molecule has 0 aromatic rings. The second-order valence-corrected chi connectivity index (χ2v) is 13.2. The maximum atomic E-state index is 6.03. The van der Waals surface area contributed by atoms with Crippen LogP contribution in [0.5, 0.6) is 0 Å². The number of unbranched alkanes of at least 4 members (excludes halogenated alkanes) is 27. The average molecular weight is 578 g/mol. The lowest BCUT2D eigenvalue weighted by molar-refractivity contribution is 0.0945. The Morgan fingerprint density at radius 2 is 0.780 bits per heavy atom. The van der Waals surface area contributed by atoms with Crippen molar-refractivity contribution in [3.63, 3.8) is 0 Å². The molecule has 0 bridgehead atoms. The highest BCUT2D eigenvalue weighted by Crippen LogP contribution is 2.15. The van der Waals surface area contributed by atoms with E-state index in [1.54, 1.807) is 0 Å². The van der Waals surface area contributed by atoms with Gasteiger partial charge >= 0.3 is 0 Å². The summed E-state index contributed by atoms with van der Waals surface area (Å²) in [5.74, 6) is 0.563. The van der Waals surface area contributed by atoms with Crippen LogP contribution in [0.3, 0.4) is 0 Å². The van der Waals surface area contributed by atoms with Crippen molar-refractivity contribution in [3.05, 3.63) is 12.2 Å². The first kappa shape index (κ1) is 40.7. The topological polar surface area (TPSA) is 35.2 Å². The van der Waals surface area contributed by atoms with Gasteiger partial charge in [-0.15, -0.1) is 0 Å². The van der Waals surface area contributed by atoms with Crippen LogP contribution in [0.2, 0.25) is 0 Å². The minimum atomic E-state index is 0.563. The van der Waals surface area contributed by atoms with Crippen LogP contribution in [-0.4, -0.2) is 19.8 Å². The molecule has 0 aromatic heterocycles. The normalized spacial score (nSPS) is 12.6. The lowest BCUT2D eigenvalue weighted by atomic mass is 10.0. The molecule has 0 spiro atoms. The Bertz CT molecular complexity index is 476. The second-order valence-electron chi connectivity index (χ2n) is 13.2. The van der Waals surface area contributed by atoms with Gasteiger partial charge in [0.25, 0.3) is 0 Å². The number of nitrogens with two attached hydrogens (primary N) is 1. The lowest BCUT2D eigenvalue weighted by Gasteiger charge is -2.15. The quantitative estimate of drug-likeness (QED) is 0.0593. The molecule has 1 unspecified atom stereocenters. The monoisotopic (exact) mass is 578 g/mol. The Balaban J connectivity index is 3.28. The van der Waals surface area contributed by atoms with Crippen LogP contribution in [0, 0.1) is 5.92 Å². The molecule has 0 aliphatic carbocycles. The van der Waals surface area contributed by atoms with Gasteiger partial charge in [-0.05, 0) is 51.0 Å². The third-order valence-electron chi connectivity index (χ3n) is 8.95. The van der Waals surface area contributed by atoms with Crippen molar-refractivity contribution in [1.29, 1.82) is 0 Å². The van der Waals surface area contributed by atoms with Crippen LogP contribution in [0.25, 0.3) is 0 Å². The molecule has 2 heteroatoms. The average Bonchev–Trinajstić information content (AvgIpc) is 2.99. The van der Waals surface area contributed by atoms with Crippen molar-refractivity contribution in [2.45, 2.75) is 213 Å². The van der Waals surface area contributed by atoms with Crippen LogP contribution in [0.15, 0.2) is 12.2 Å². The summed E-state index contributed by atoms with van der Waals surface area (Å²) in [7, 11) is 0. The highest BCUT2D eigenvalue weighted by atomic mass is 16.5. The first-order chi connectivity index (χ1) is 20.3. The number of allylic oxidation sites excluding steroid dienone is 2. The van der Waals surface area contributed by atoms with E-state index in [2.05, 4.69) is 26.0 Å². The zero-order chi connectivity index (χ0) is 29.7. The van der Waals surface area contributed by atoms with E-state index in [4.69, 9.17) is 10.5 Å². The maximum Gasteiger partial charge on any atom is 0.0506 e. The van der Waals surface area contributed by atoms with Gasteiger partial charge in [0.05, 0.1) is 6.61 Å². The van der Waals surface area contributed by atoms with Crippen LogP contribution < -0.4 is 5.73 Å². The highest BCUT2D eigenvalue weighted by molar-refractivity contribution is 4.81. The molecule has 2 nitrogen and oxygen atoms in total. The van der Waals surface area contributed by atoms with Crippen molar-refractivity contribution >= 4 is 0 Å². The van der Waals surface area contributed by atoms with Gasteiger partial charge in [0.1, 0.15) is 0 Å². The van der Waals surface area contributed by atoms with Crippen molar-refractivity contribution in [3.8, 4) is 0 Å². The molecule has 0 saturated carbocycles. The van der Waals surface area contributed by atoms with E-state index in [0.29, 0.717) is 5.92 Å². The van der Waals surface area contributed by atoms with E-state index in [1.165, 1.54) is 199 Å². The molecule has 0 saturated heterocycles. The number of hydrogen-bond donors (Lipinski definition) is 1. The van der Waals surface area contributed by atoms with Crippen LogP contribution >= 0.6 is 0 Å².